The normalized spacial score (nSPS) is 12.1. The van der Waals surface area contributed by atoms with Gasteiger partial charge in [-0.3, -0.25) is 0 Å². The van der Waals surface area contributed by atoms with Crippen molar-refractivity contribution in [2.24, 2.45) is 0 Å². The quantitative estimate of drug-likeness (QED) is 0.550. The minimum Gasteiger partial charge on any atom is -0.445 e. The maximum Gasteiger partial charge on any atom is 0.506 e. The molecule has 0 fully saturated rings. The minimum absolute atomic E-state index is 0.0243. The lowest BCUT2D eigenvalue weighted by molar-refractivity contribution is 0.285. The first-order valence-electron chi connectivity index (χ1n) is 6.01. The molecular weight excluding hydrogens is 214 g/mol. The molecule has 1 nitrogen and oxygen atoms in total. The molecule has 0 rings (SSSR count). The molecule has 0 aromatic carbocycles. The topological polar surface area (TPSA) is 3.24 Å². The first-order valence-corrected chi connectivity index (χ1v) is 6.01. The van der Waals surface area contributed by atoms with Crippen LogP contribution < -0.4 is 0 Å². The number of hydrogen-bond donors (Lipinski definition) is 0. The third-order valence-electron chi connectivity index (χ3n) is 2.55. The molecule has 96 valence electrons. The predicted molar refractivity (Wildman–Crippen MR) is 64.5 cm³/mol. The van der Waals surface area contributed by atoms with Crippen LogP contribution in [0.3, 0.4) is 0 Å². The molecule has 0 unspecified atom stereocenters. The van der Waals surface area contributed by atoms with E-state index in [0.29, 0.717) is 0 Å². The smallest absolute Gasteiger partial charge is 0.445 e. The molecule has 0 spiro atoms. The molecule has 0 radical (unpaired) electrons. The van der Waals surface area contributed by atoms with Crippen LogP contribution in [-0.4, -0.2) is 31.5 Å². The average molecular weight is 236 g/mol. The van der Waals surface area contributed by atoms with Crippen LogP contribution in [0.4, 0.5) is 12.9 Å². The van der Waals surface area contributed by atoms with Gasteiger partial charge in [0.05, 0.1) is 0 Å². The maximum absolute atomic E-state index is 12.4. The summed E-state index contributed by atoms with van der Waals surface area (Å²) in [6.07, 6.45) is 3.90. The van der Waals surface area contributed by atoms with Crippen molar-refractivity contribution in [2.75, 3.05) is 19.6 Å². The van der Waals surface area contributed by atoms with E-state index in [1.807, 2.05) is 18.7 Å². The summed E-state index contributed by atoms with van der Waals surface area (Å²) in [7, 11) is 0. The van der Waals surface area contributed by atoms with Crippen LogP contribution in [0.15, 0.2) is 12.1 Å². The molecule has 0 aromatic heterocycles. The molecule has 0 saturated heterocycles. The molecule has 0 bridgehead atoms. The second-order valence-electron chi connectivity index (χ2n) is 4.22. The zero-order chi connectivity index (χ0) is 12.6. The van der Waals surface area contributed by atoms with Crippen LogP contribution in [0.5, 0.6) is 0 Å². The monoisotopic (exact) mass is 236 g/mol. The van der Waals surface area contributed by atoms with E-state index in [1.54, 1.807) is 0 Å². The molecular formula is C11H22BF3N-. The van der Waals surface area contributed by atoms with Crippen LogP contribution in [0, 0.1) is 0 Å². The van der Waals surface area contributed by atoms with E-state index >= 15 is 0 Å². The van der Waals surface area contributed by atoms with Crippen molar-refractivity contribution >= 4 is 6.98 Å². The fourth-order valence-corrected chi connectivity index (χ4v) is 1.42. The molecule has 0 aliphatic carbocycles. The Bertz CT molecular complexity index is 196. The predicted octanol–water partition coefficient (Wildman–Crippen LogP) is 3.83. The highest BCUT2D eigenvalue weighted by Gasteiger charge is 2.27. The fraction of sp³-hybridized carbons (Fsp3) is 0.818. The van der Waals surface area contributed by atoms with Crippen molar-refractivity contribution in [3.05, 3.63) is 12.1 Å². The fourth-order valence-electron chi connectivity index (χ4n) is 1.42. The third kappa shape index (κ3) is 6.93. The van der Waals surface area contributed by atoms with Gasteiger partial charge in [0.2, 0.25) is 0 Å². The Labute approximate surface area is 96.8 Å². The highest BCUT2D eigenvalue weighted by Crippen LogP contribution is 2.19. The van der Waals surface area contributed by atoms with Crippen LogP contribution in [0.25, 0.3) is 0 Å². The standard InChI is InChI=1S/C11H22BF3N/c1-4-6-8-16(9-7-5-2)10-11(3)12(13,14)15/h3-10H2,1-2H3/q-1. The van der Waals surface area contributed by atoms with Gasteiger partial charge in [-0.15, -0.1) is 12.1 Å². The van der Waals surface area contributed by atoms with Crippen molar-refractivity contribution in [1.82, 2.24) is 4.90 Å². The lowest BCUT2D eigenvalue weighted by Gasteiger charge is -2.27. The Morgan fingerprint density at radius 1 is 1.06 bits per heavy atom. The Balaban J connectivity index is 4.13. The van der Waals surface area contributed by atoms with Gasteiger partial charge in [-0.25, -0.2) is 0 Å². The minimum atomic E-state index is -4.88. The first kappa shape index (κ1) is 15.6. The van der Waals surface area contributed by atoms with Crippen LogP contribution in [0.2, 0.25) is 0 Å². The molecule has 16 heavy (non-hydrogen) atoms. The van der Waals surface area contributed by atoms with E-state index in [2.05, 4.69) is 6.58 Å². The number of nitrogens with zero attached hydrogens (tertiary/aromatic N) is 1. The van der Waals surface area contributed by atoms with E-state index < -0.39 is 12.4 Å². The van der Waals surface area contributed by atoms with Gasteiger partial charge < -0.3 is 17.8 Å². The summed E-state index contributed by atoms with van der Waals surface area (Å²) < 4.78 is 37.2. The summed E-state index contributed by atoms with van der Waals surface area (Å²) in [5, 5.41) is 0. The van der Waals surface area contributed by atoms with Crippen molar-refractivity contribution in [1.29, 1.82) is 0 Å². The molecule has 0 aliphatic heterocycles. The summed E-state index contributed by atoms with van der Waals surface area (Å²) in [6, 6.07) is 0. The van der Waals surface area contributed by atoms with Crippen LogP contribution in [-0.2, 0) is 0 Å². The summed E-state index contributed by atoms with van der Waals surface area (Å²) >= 11 is 0. The highest BCUT2D eigenvalue weighted by atomic mass is 19.4. The third-order valence-corrected chi connectivity index (χ3v) is 2.55. The van der Waals surface area contributed by atoms with Gasteiger partial charge in [0.1, 0.15) is 0 Å². The second-order valence-corrected chi connectivity index (χ2v) is 4.22. The van der Waals surface area contributed by atoms with E-state index in [0.717, 1.165) is 38.8 Å². The van der Waals surface area contributed by atoms with Crippen molar-refractivity contribution in [2.45, 2.75) is 39.5 Å². The Kier molecular flexibility index (Phi) is 7.55. The molecule has 0 aromatic rings. The molecule has 0 N–H and O–H groups in total. The first-order chi connectivity index (χ1) is 7.41. The van der Waals surface area contributed by atoms with Crippen LogP contribution in [0.1, 0.15) is 39.5 Å². The van der Waals surface area contributed by atoms with Crippen molar-refractivity contribution < 1.29 is 12.9 Å². The summed E-state index contributed by atoms with van der Waals surface area (Å²) in [5.41, 5.74) is -0.577. The largest absolute Gasteiger partial charge is 0.506 e. The summed E-state index contributed by atoms with van der Waals surface area (Å²) in [4.78, 5) is 1.87. The van der Waals surface area contributed by atoms with E-state index in [1.165, 1.54) is 0 Å². The second kappa shape index (κ2) is 7.77. The summed E-state index contributed by atoms with van der Waals surface area (Å²) in [6.45, 7) is 3.80. The molecule has 0 atom stereocenters. The molecule has 0 aliphatic rings. The average Bonchev–Trinajstić information content (AvgIpc) is 2.20. The number of rotatable bonds is 9. The molecule has 0 heterocycles. The van der Waals surface area contributed by atoms with E-state index in [4.69, 9.17) is 0 Å². The maximum atomic E-state index is 12.4. The zero-order valence-corrected chi connectivity index (χ0v) is 10.3. The van der Waals surface area contributed by atoms with Gasteiger partial charge in [0.25, 0.3) is 0 Å². The van der Waals surface area contributed by atoms with Crippen molar-refractivity contribution in [3.63, 3.8) is 0 Å². The van der Waals surface area contributed by atoms with Gasteiger partial charge in [-0.2, -0.15) is 0 Å². The molecule has 0 saturated carbocycles. The number of hydrogen-bond acceptors (Lipinski definition) is 1. The Morgan fingerprint density at radius 2 is 1.50 bits per heavy atom. The van der Waals surface area contributed by atoms with Gasteiger partial charge in [-0.1, -0.05) is 26.7 Å². The van der Waals surface area contributed by atoms with Crippen LogP contribution >= 0.6 is 0 Å². The van der Waals surface area contributed by atoms with Crippen molar-refractivity contribution in [3.8, 4) is 0 Å². The Hall–Kier alpha value is -0.445. The molecule has 5 heteroatoms. The molecule has 0 amide bonds. The number of unbranched alkanes of at least 4 members (excludes halogenated alkanes) is 2. The number of halogens is 3. The van der Waals surface area contributed by atoms with Gasteiger partial charge in [-0.05, 0) is 32.5 Å². The lowest BCUT2D eigenvalue weighted by atomic mass is 9.80. The van der Waals surface area contributed by atoms with Gasteiger partial charge >= 0.3 is 6.98 Å². The highest BCUT2D eigenvalue weighted by molar-refractivity contribution is 6.66. The van der Waals surface area contributed by atoms with E-state index in [-0.39, 0.29) is 6.54 Å². The van der Waals surface area contributed by atoms with E-state index in [9.17, 15) is 12.9 Å². The SMILES string of the molecule is C=C(CN(CCCC)CCCC)[B-](F)(F)F. The Morgan fingerprint density at radius 3 is 1.81 bits per heavy atom. The lowest BCUT2D eigenvalue weighted by Crippen LogP contribution is -2.34. The van der Waals surface area contributed by atoms with Gasteiger partial charge in [0.15, 0.2) is 0 Å². The van der Waals surface area contributed by atoms with Gasteiger partial charge in [0, 0.05) is 0 Å². The zero-order valence-electron chi connectivity index (χ0n) is 10.3. The summed E-state index contributed by atoms with van der Waals surface area (Å²) in [5.74, 6) is 0.